The number of rotatable bonds is 5. The second kappa shape index (κ2) is 5.61. The van der Waals surface area contributed by atoms with Crippen molar-refractivity contribution in [2.24, 2.45) is 0 Å². The lowest BCUT2D eigenvalue weighted by Crippen LogP contribution is -2.34. The Balaban J connectivity index is 2.96. The Hall–Kier alpha value is -1.65. The average Bonchev–Trinajstić information content (AvgIpc) is 2.22. The molecule has 0 amide bonds. The first-order valence-corrected chi connectivity index (χ1v) is 5.70. The number of anilines is 1. The first kappa shape index (κ1) is 13.4. The summed E-state index contributed by atoms with van der Waals surface area (Å²) in [7, 11) is 0. The van der Waals surface area contributed by atoms with Crippen LogP contribution in [0, 0.1) is 13.8 Å². The molecule has 1 aromatic heterocycles. The van der Waals surface area contributed by atoms with Gasteiger partial charge in [-0.1, -0.05) is 0 Å². The molecule has 0 spiro atoms. The van der Waals surface area contributed by atoms with E-state index in [1.807, 2.05) is 32.6 Å². The molecule has 94 valence electrons. The van der Waals surface area contributed by atoms with E-state index in [2.05, 4.69) is 9.97 Å². The van der Waals surface area contributed by atoms with Crippen molar-refractivity contribution in [1.29, 1.82) is 0 Å². The smallest absolute Gasteiger partial charge is 0.305 e. The van der Waals surface area contributed by atoms with Crippen molar-refractivity contribution in [2.45, 2.75) is 40.2 Å². The summed E-state index contributed by atoms with van der Waals surface area (Å²) in [6.45, 7) is 8.26. The standard InChI is InChI=1S/C12H19N3O2/c1-8(2)15(6-5-11(16)17)12-10(4)13-7-9(3)14-12/h7-8H,5-6H2,1-4H3,(H,16,17). The molecule has 5 heteroatoms. The van der Waals surface area contributed by atoms with Crippen LogP contribution in [0.1, 0.15) is 31.7 Å². The number of carboxylic acid groups (broad SMARTS) is 1. The number of hydrogen-bond donors (Lipinski definition) is 1. The van der Waals surface area contributed by atoms with Gasteiger partial charge in [-0.2, -0.15) is 0 Å². The summed E-state index contributed by atoms with van der Waals surface area (Å²) in [5.41, 5.74) is 1.67. The summed E-state index contributed by atoms with van der Waals surface area (Å²) in [5.74, 6) is -0.0184. The predicted molar refractivity (Wildman–Crippen MR) is 66.2 cm³/mol. The summed E-state index contributed by atoms with van der Waals surface area (Å²) in [4.78, 5) is 21.3. The summed E-state index contributed by atoms with van der Waals surface area (Å²) < 4.78 is 0. The van der Waals surface area contributed by atoms with Gasteiger partial charge < -0.3 is 10.0 Å². The van der Waals surface area contributed by atoms with Gasteiger partial charge in [0.2, 0.25) is 0 Å². The lowest BCUT2D eigenvalue weighted by molar-refractivity contribution is -0.136. The maximum absolute atomic E-state index is 10.6. The third-order valence-electron chi connectivity index (χ3n) is 2.51. The Bertz CT molecular complexity index is 405. The van der Waals surface area contributed by atoms with Gasteiger partial charge in [0.05, 0.1) is 17.8 Å². The van der Waals surface area contributed by atoms with Crippen molar-refractivity contribution in [3.05, 3.63) is 17.6 Å². The zero-order valence-corrected chi connectivity index (χ0v) is 10.8. The Morgan fingerprint density at radius 3 is 2.65 bits per heavy atom. The van der Waals surface area contributed by atoms with Crippen molar-refractivity contribution in [1.82, 2.24) is 9.97 Å². The number of hydrogen-bond acceptors (Lipinski definition) is 4. The van der Waals surface area contributed by atoms with E-state index in [1.54, 1.807) is 6.20 Å². The van der Waals surface area contributed by atoms with Crippen LogP contribution in [-0.2, 0) is 4.79 Å². The molecule has 0 aromatic carbocycles. The van der Waals surface area contributed by atoms with Crippen LogP contribution in [0.2, 0.25) is 0 Å². The molecule has 1 N–H and O–H groups in total. The maximum atomic E-state index is 10.6. The van der Waals surface area contributed by atoms with Crippen molar-refractivity contribution in [3.8, 4) is 0 Å². The minimum Gasteiger partial charge on any atom is -0.481 e. The number of aromatic nitrogens is 2. The van der Waals surface area contributed by atoms with Crippen molar-refractivity contribution in [3.63, 3.8) is 0 Å². The van der Waals surface area contributed by atoms with Crippen LogP contribution in [0.5, 0.6) is 0 Å². The van der Waals surface area contributed by atoms with Gasteiger partial charge in [-0.05, 0) is 27.7 Å². The predicted octanol–water partition coefficient (Wildman–Crippen LogP) is 1.78. The van der Waals surface area contributed by atoms with Crippen molar-refractivity contribution in [2.75, 3.05) is 11.4 Å². The van der Waals surface area contributed by atoms with E-state index < -0.39 is 5.97 Å². The van der Waals surface area contributed by atoms with Gasteiger partial charge in [0.25, 0.3) is 0 Å². The van der Waals surface area contributed by atoms with E-state index in [4.69, 9.17) is 5.11 Å². The number of nitrogens with zero attached hydrogens (tertiary/aromatic N) is 3. The van der Waals surface area contributed by atoms with Gasteiger partial charge in [-0.25, -0.2) is 4.98 Å². The van der Waals surface area contributed by atoms with E-state index in [0.717, 1.165) is 17.2 Å². The first-order valence-electron chi connectivity index (χ1n) is 5.70. The molecular weight excluding hydrogens is 218 g/mol. The molecule has 5 nitrogen and oxygen atoms in total. The topological polar surface area (TPSA) is 66.3 Å². The molecule has 0 aliphatic carbocycles. The minimum absolute atomic E-state index is 0.104. The molecule has 0 unspecified atom stereocenters. The van der Waals surface area contributed by atoms with Crippen molar-refractivity contribution >= 4 is 11.8 Å². The second-order valence-corrected chi connectivity index (χ2v) is 4.35. The molecule has 1 heterocycles. The third-order valence-corrected chi connectivity index (χ3v) is 2.51. The van der Waals surface area contributed by atoms with Crippen LogP contribution in [0.4, 0.5) is 5.82 Å². The van der Waals surface area contributed by atoms with E-state index in [1.165, 1.54) is 0 Å². The monoisotopic (exact) mass is 237 g/mol. The normalized spacial score (nSPS) is 10.6. The van der Waals surface area contributed by atoms with Gasteiger partial charge >= 0.3 is 5.97 Å². The molecule has 17 heavy (non-hydrogen) atoms. The number of aryl methyl sites for hydroxylation is 2. The first-order chi connectivity index (χ1) is 7.91. The van der Waals surface area contributed by atoms with Crippen LogP contribution in [0.3, 0.4) is 0 Å². The van der Waals surface area contributed by atoms with Crippen LogP contribution in [0.15, 0.2) is 6.20 Å². The molecule has 0 atom stereocenters. The van der Waals surface area contributed by atoms with Gasteiger partial charge in [-0.3, -0.25) is 9.78 Å². The molecule has 0 bridgehead atoms. The zero-order valence-electron chi connectivity index (χ0n) is 10.8. The number of carbonyl (C=O) groups is 1. The highest BCUT2D eigenvalue weighted by atomic mass is 16.4. The Kier molecular flexibility index (Phi) is 4.43. The van der Waals surface area contributed by atoms with E-state index >= 15 is 0 Å². The molecule has 0 aliphatic heterocycles. The van der Waals surface area contributed by atoms with Crippen molar-refractivity contribution < 1.29 is 9.90 Å². The Morgan fingerprint density at radius 1 is 1.47 bits per heavy atom. The lowest BCUT2D eigenvalue weighted by Gasteiger charge is -2.28. The molecular formula is C12H19N3O2. The highest BCUT2D eigenvalue weighted by Gasteiger charge is 2.16. The molecule has 0 saturated carbocycles. The summed E-state index contributed by atoms with van der Waals surface area (Å²) in [6.07, 6.45) is 1.82. The Labute approximate surface area is 102 Å². The third kappa shape index (κ3) is 3.69. The van der Waals surface area contributed by atoms with Gasteiger partial charge in [0, 0.05) is 18.8 Å². The second-order valence-electron chi connectivity index (χ2n) is 4.35. The summed E-state index contributed by atoms with van der Waals surface area (Å²) >= 11 is 0. The molecule has 1 rings (SSSR count). The highest BCUT2D eigenvalue weighted by molar-refractivity contribution is 5.67. The maximum Gasteiger partial charge on any atom is 0.305 e. The number of aliphatic carboxylic acids is 1. The van der Waals surface area contributed by atoms with Crippen LogP contribution in [0.25, 0.3) is 0 Å². The molecule has 0 saturated heterocycles. The molecule has 0 radical (unpaired) electrons. The average molecular weight is 237 g/mol. The fraction of sp³-hybridized carbons (Fsp3) is 0.583. The summed E-state index contributed by atoms with van der Waals surface area (Å²) in [6, 6.07) is 0.198. The fourth-order valence-corrected chi connectivity index (χ4v) is 1.62. The minimum atomic E-state index is -0.797. The van der Waals surface area contributed by atoms with E-state index in [-0.39, 0.29) is 12.5 Å². The van der Waals surface area contributed by atoms with Gasteiger partial charge in [0.15, 0.2) is 5.82 Å². The molecule has 1 aromatic rings. The highest BCUT2D eigenvalue weighted by Crippen LogP contribution is 2.18. The quantitative estimate of drug-likeness (QED) is 0.845. The van der Waals surface area contributed by atoms with Crippen LogP contribution in [-0.4, -0.2) is 33.6 Å². The Morgan fingerprint density at radius 2 is 2.12 bits per heavy atom. The lowest BCUT2D eigenvalue weighted by atomic mass is 10.2. The number of carboxylic acids is 1. The molecule has 0 fully saturated rings. The van der Waals surface area contributed by atoms with Crippen LogP contribution < -0.4 is 4.90 Å². The largest absolute Gasteiger partial charge is 0.481 e. The molecule has 0 aliphatic rings. The van der Waals surface area contributed by atoms with Gasteiger partial charge in [0.1, 0.15) is 0 Å². The summed E-state index contributed by atoms with van der Waals surface area (Å²) in [5, 5.41) is 8.75. The SMILES string of the molecule is Cc1cnc(C)c(N(CCC(=O)O)C(C)C)n1. The van der Waals surface area contributed by atoms with Gasteiger partial charge in [-0.15, -0.1) is 0 Å². The van der Waals surface area contributed by atoms with E-state index in [0.29, 0.717) is 6.54 Å². The van der Waals surface area contributed by atoms with Crippen LogP contribution >= 0.6 is 0 Å². The fourth-order valence-electron chi connectivity index (χ4n) is 1.62. The zero-order chi connectivity index (χ0) is 13.0. The van der Waals surface area contributed by atoms with E-state index in [9.17, 15) is 4.79 Å².